The summed E-state index contributed by atoms with van der Waals surface area (Å²) in [5.74, 6) is 0.998. The van der Waals surface area contributed by atoms with E-state index in [-0.39, 0.29) is 0 Å². The Kier molecular flexibility index (Phi) is 3.08. The normalized spacial score (nSPS) is 15.6. The Labute approximate surface area is 112 Å². The molecule has 0 radical (unpaired) electrons. The molecular formula is C14H16ClN3. The minimum Gasteiger partial charge on any atom is -0.356 e. The molecule has 0 saturated carbocycles. The average Bonchev–Trinajstić information content (AvgIpc) is 2.90. The van der Waals surface area contributed by atoms with E-state index in [2.05, 4.69) is 40.0 Å². The maximum Gasteiger partial charge on any atom is 0.224 e. The van der Waals surface area contributed by atoms with E-state index in [0.717, 1.165) is 36.2 Å². The van der Waals surface area contributed by atoms with Gasteiger partial charge < -0.3 is 4.90 Å². The van der Waals surface area contributed by atoms with Gasteiger partial charge in [0.15, 0.2) is 0 Å². The quantitative estimate of drug-likeness (QED) is 0.776. The van der Waals surface area contributed by atoms with Crippen molar-refractivity contribution in [2.45, 2.75) is 26.2 Å². The number of aromatic nitrogens is 2. The van der Waals surface area contributed by atoms with Crippen molar-refractivity contribution >= 4 is 28.3 Å². The SMILES string of the molecule is CCc1cccc2c(N3CCCC3)nc(Cl)nc12. The molecule has 2 heterocycles. The first-order valence-corrected chi connectivity index (χ1v) is 6.87. The summed E-state index contributed by atoms with van der Waals surface area (Å²) in [7, 11) is 0. The number of benzene rings is 1. The van der Waals surface area contributed by atoms with Crippen LogP contribution >= 0.6 is 11.6 Å². The zero-order chi connectivity index (χ0) is 12.5. The third-order valence-corrected chi connectivity index (χ3v) is 3.72. The summed E-state index contributed by atoms with van der Waals surface area (Å²) < 4.78 is 0. The first-order valence-electron chi connectivity index (χ1n) is 6.49. The lowest BCUT2D eigenvalue weighted by Gasteiger charge is -2.19. The molecule has 0 atom stereocenters. The predicted molar refractivity (Wildman–Crippen MR) is 75.4 cm³/mol. The van der Waals surface area contributed by atoms with Crippen LogP contribution in [0.2, 0.25) is 5.28 Å². The Hall–Kier alpha value is -1.35. The third kappa shape index (κ3) is 1.93. The molecule has 94 valence electrons. The second kappa shape index (κ2) is 4.73. The lowest BCUT2D eigenvalue weighted by atomic mass is 10.1. The number of fused-ring (bicyclic) bond motifs is 1. The van der Waals surface area contributed by atoms with E-state index < -0.39 is 0 Å². The van der Waals surface area contributed by atoms with Crippen LogP contribution in [0.5, 0.6) is 0 Å². The Morgan fingerprint density at radius 1 is 1.22 bits per heavy atom. The minimum atomic E-state index is 0.352. The van der Waals surface area contributed by atoms with Gasteiger partial charge in [-0.1, -0.05) is 19.1 Å². The Balaban J connectivity index is 2.24. The van der Waals surface area contributed by atoms with Crippen molar-refractivity contribution in [1.82, 2.24) is 9.97 Å². The molecule has 1 fully saturated rings. The maximum absolute atomic E-state index is 6.08. The van der Waals surface area contributed by atoms with Crippen molar-refractivity contribution in [2.75, 3.05) is 18.0 Å². The van der Waals surface area contributed by atoms with Gasteiger partial charge in [-0.3, -0.25) is 0 Å². The monoisotopic (exact) mass is 261 g/mol. The van der Waals surface area contributed by atoms with Gasteiger partial charge in [0, 0.05) is 18.5 Å². The van der Waals surface area contributed by atoms with E-state index in [9.17, 15) is 0 Å². The Morgan fingerprint density at radius 2 is 2.00 bits per heavy atom. The first-order chi connectivity index (χ1) is 8.79. The van der Waals surface area contributed by atoms with Gasteiger partial charge in [-0.2, -0.15) is 4.98 Å². The Morgan fingerprint density at radius 3 is 2.72 bits per heavy atom. The van der Waals surface area contributed by atoms with Crippen LogP contribution in [-0.2, 0) is 6.42 Å². The van der Waals surface area contributed by atoms with Crippen molar-refractivity contribution in [3.63, 3.8) is 0 Å². The van der Waals surface area contributed by atoms with Gasteiger partial charge in [0.05, 0.1) is 5.52 Å². The zero-order valence-electron chi connectivity index (χ0n) is 10.5. The van der Waals surface area contributed by atoms with E-state index in [1.54, 1.807) is 0 Å². The van der Waals surface area contributed by atoms with E-state index in [1.807, 2.05) is 0 Å². The molecule has 1 aromatic heterocycles. The summed E-state index contributed by atoms with van der Waals surface area (Å²) in [6.45, 7) is 4.28. The third-order valence-electron chi connectivity index (χ3n) is 3.55. The van der Waals surface area contributed by atoms with Crippen LogP contribution < -0.4 is 4.90 Å². The molecule has 1 aliphatic heterocycles. The summed E-state index contributed by atoms with van der Waals surface area (Å²) in [6.07, 6.45) is 3.43. The molecule has 0 N–H and O–H groups in total. The predicted octanol–water partition coefficient (Wildman–Crippen LogP) is 3.45. The number of nitrogens with zero attached hydrogens (tertiary/aromatic N) is 3. The highest BCUT2D eigenvalue weighted by atomic mass is 35.5. The summed E-state index contributed by atoms with van der Waals surface area (Å²) in [6, 6.07) is 6.29. The van der Waals surface area contributed by atoms with E-state index in [1.165, 1.54) is 18.4 Å². The highest BCUT2D eigenvalue weighted by Crippen LogP contribution is 2.29. The van der Waals surface area contributed by atoms with Gasteiger partial charge in [-0.25, -0.2) is 4.98 Å². The molecule has 0 aliphatic carbocycles. The van der Waals surface area contributed by atoms with Gasteiger partial charge >= 0.3 is 0 Å². The number of para-hydroxylation sites is 1. The van der Waals surface area contributed by atoms with Crippen LogP contribution in [-0.4, -0.2) is 23.1 Å². The molecule has 0 bridgehead atoms. The summed E-state index contributed by atoms with van der Waals surface area (Å²) in [4.78, 5) is 11.2. The van der Waals surface area contributed by atoms with Crippen molar-refractivity contribution in [1.29, 1.82) is 0 Å². The van der Waals surface area contributed by atoms with Crippen LogP contribution in [0.4, 0.5) is 5.82 Å². The van der Waals surface area contributed by atoms with Crippen molar-refractivity contribution < 1.29 is 0 Å². The van der Waals surface area contributed by atoms with Crippen LogP contribution in [0.15, 0.2) is 18.2 Å². The highest BCUT2D eigenvalue weighted by Gasteiger charge is 2.18. The van der Waals surface area contributed by atoms with Crippen LogP contribution in [0.1, 0.15) is 25.3 Å². The van der Waals surface area contributed by atoms with Crippen LogP contribution in [0.3, 0.4) is 0 Å². The van der Waals surface area contributed by atoms with E-state index in [0.29, 0.717) is 5.28 Å². The second-order valence-corrected chi connectivity index (χ2v) is 5.02. The molecule has 0 amide bonds. The lowest BCUT2D eigenvalue weighted by molar-refractivity contribution is 0.938. The van der Waals surface area contributed by atoms with Gasteiger partial charge in [-0.05, 0) is 42.5 Å². The van der Waals surface area contributed by atoms with Gasteiger partial charge in [0.1, 0.15) is 5.82 Å². The fourth-order valence-electron chi connectivity index (χ4n) is 2.62. The molecule has 1 aliphatic rings. The molecule has 0 spiro atoms. The number of hydrogen-bond acceptors (Lipinski definition) is 3. The van der Waals surface area contributed by atoms with Crippen LogP contribution in [0, 0.1) is 0 Å². The fourth-order valence-corrected chi connectivity index (χ4v) is 2.79. The van der Waals surface area contributed by atoms with Crippen molar-refractivity contribution in [3.8, 4) is 0 Å². The summed E-state index contributed by atoms with van der Waals surface area (Å²) >= 11 is 6.08. The van der Waals surface area contributed by atoms with Crippen molar-refractivity contribution in [3.05, 3.63) is 29.0 Å². The maximum atomic E-state index is 6.08. The summed E-state index contributed by atoms with van der Waals surface area (Å²) in [5.41, 5.74) is 2.24. The molecule has 1 saturated heterocycles. The standard InChI is InChI=1S/C14H16ClN3/c1-2-10-6-5-7-11-12(10)16-14(15)17-13(11)18-8-3-4-9-18/h5-7H,2-4,8-9H2,1H3. The number of anilines is 1. The topological polar surface area (TPSA) is 29.0 Å². The minimum absolute atomic E-state index is 0.352. The van der Waals surface area contributed by atoms with Gasteiger partial charge in [-0.15, -0.1) is 0 Å². The number of halogens is 1. The molecule has 18 heavy (non-hydrogen) atoms. The zero-order valence-corrected chi connectivity index (χ0v) is 11.2. The Bertz CT molecular complexity index is 577. The van der Waals surface area contributed by atoms with Crippen LogP contribution in [0.25, 0.3) is 10.9 Å². The second-order valence-electron chi connectivity index (χ2n) is 4.68. The molecule has 3 rings (SSSR count). The fraction of sp³-hybridized carbons (Fsp3) is 0.429. The summed E-state index contributed by atoms with van der Waals surface area (Å²) in [5, 5.41) is 1.48. The smallest absolute Gasteiger partial charge is 0.224 e. The highest BCUT2D eigenvalue weighted by molar-refractivity contribution is 6.28. The number of rotatable bonds is 2. The lowest BCUT2D eigenvalue weighted by Crippen LogP contribution is -2.19. The molecule has 4 heteroatoms. The van der Waals surface area contributed by atoms with Gasteiger partial charge in [0.25, 0.3) is 0 Å². The first kappa shape index (κ1) is 11.7. The molecular weight excluding hydrogens is 246 g/mol. The molecule has 3 nitrogen and oxygen atoms in total. The largest absolute Gasteiger partial charge is 0.356 e. The molecule has 1 aromatic carbocycles. The number of aryl methyl sites for hydroxylation is 1. The van der Waals surface area contributed by atoms with E-state index >= 15 is 0 Å². The molecule has 0 unspecified atom stereocenters. The van der Waals surface area contributed by atoms with E-state index in [4.69, 9.17) is 11.6 Å². The number of hydrogen-bond donors (Lipinski definition) is 0. The average molecular weight is 262 g/mol. The van der Waals surface area contributed by atoms with Crippen molar-refractivity contribution in [2.24, 2.45) is 0 Å². The molecule has 2 aromatic rings. The van der Waals surface area contributed by atoms with Gasteiger partial charge in [0.2, 0.25) is 5.28 Å².